The number of carbonyl (C=O) groups excluding carboxylic acids is 1. The second-order valence-electron chi connectivity index (χ2n) is 6.84. The lowest BCUT2D eigenvalue weighted by Crippen LogP contribution is -2.15. The fourth-order valence-electron chi connectivity index (χ4n) is 3.06. The Hall–Kier alpha value is -3.17. The number of carbonyl (C=O) groups is 1. The normalized spacial score (nSPS) is 10.8. The fraction of sp³-hybridized carbons (Fsp3) is 0.182. The molecule has 1 amide bonds. The molecule has 0 aliphatic rings. The molecule has 9 heteroatoms. The van der Waals surface area contributed by atoms with E-state index in [-0.39, 0.29) is 11.7 Å². The van der Waals surface area contributed by atoms with E-state index in [4.69, 9.17) is 0 Å². The summed E-state index contributed by atoms with van der Waals surface area (Å²) in [4.78, 5) is 12.5. The number of amides is 1. The van der Waals surface area contributed by atoms with Gasteiger partial charge in [-0.05, 0) is 31.5 Å². The lowest BCUT2D eigenvalue weighted by atomic mass is 10.2. The van der Waals surface area contributed by atoms with Gasteiger partial charge in [0.25, 0.3) is 0 Å². The minimum atomic E-state index is -0.0993. The molecule has 31 heavy (non-hydrogen) atoms. The molecule has 0 aliphatic carbocycles. The van der Waals surface area contributed by atoms with E-state index in [1.807, 2.05) is 67.1 Å². The molecule has 0 fully saturated rings. The van der Waals surface area contributed by atoms with E-state index in [1.165, 1.54) is 28.7 Å². The Morgan fingerprint density at radius 2 is 1.74 bits per heavy atom. The van der Waals surface area contributed by atoms with Crippen molar-refractivity contribution in [2.75, 3.05) is 16.4 Å². The van der Waals surface area contributed by atoms with Crippen LogP contribution in [0.3, 0.4) is 0 Å². The van der Waals surface area contributed by atoms with Crippen LogP contribution in [0.1, 0.15) is 17.0 Å². The second-order valence-corrected chi connectivity index (χ2v) is 9.04. The van der Waals surface area contributed by atoms with E-state index < -0.39 is 0 Å². The first-order valence-electron chi connectivity index (χ1n) is 9.76. The van der Waals surface area contributed by atoms with E-state index in [9.17, 15) is 4.79 Å². The predicted octanol–water partition coefficient (Wildman–Crippen LogP) is 4.68. The van der Waals surface area contributed by atoms with Crippen molar-refractivity contribution >= 4 is 39.8 Å². The SMILES string of the molecule is Cc1nn(-c2ccccc2)c(C)c1NC(=O)CSc1nnc(NCc2ccccc2)s1. The molecule has 7 nitrogen and oxygen atoms in total. The van der Waals surface area contributed by atoms with E-state index in [0.717, 1.165) is 32.2 Å². The number of benzene rings is 2. The zero-order chi connectivity index (χ0) is 21.6. The van der Waals surface area contributed by atoms with Crippen LogP contribution in [0.4, 0.5) is 10.8 Å². The highest BCUT2D eigenvalue weighted by molar-refractivity contribution is 8.01. The molecule has 2 N–H and O–H groups in total. The Bertz CT molecular complexity index is 1160. The maximum Gasteiger partial charge on any atom is 0.234 e. The van der Waals surface area contributed by atoms with Crippen molar-refractivity contribution in [2.45, 2.75) is 24.7 Å². The maximum absolute atomic E-state index is 12.5. The maximum atomic E-state index is 12.5. The van der Waals surface area contributed by atoms with E-state index >= 15 is 0 Å². The third-order valence-corrected chi connectivity index (χ3v) is 6.59. The topological polar surface area (TPSA) is 84.7 Å². The zero-order valence-electron chi connectivity index (χ0n) is 17.2. The Morgan fingerprint density at radius 3 is 2.48 bits per heavy atom. The number of nitrogens with one attached hydrogen (secondary N) is 2. The van der Waals surface area contributed by atoms with Gasteiger partial charge in [-0.3, -0.25) is 4.79 Å². The average Bonchev–Trinajstić information content (AvgIpc) is 3.37. The minimum absolute atomic E-state index is 0.0993. The summed E-state index contributed by atoms with van der Waals surface area (Å²) in [6.07, 6.45) is 0. The van der Waals surface area contributed by atoms with Crippen LogP contribution in [0, 0.1) is 13.8 Å². The second kappa shape index (κ2) is 9.76. The molecular weight excluding hydrogens is 428 g/mol. The van der Waals surface area contributed by atoms with Crippen molar-refractivity contribution in [2.24, 2.45) is 0 Å². The molecule has 0 unspecified atom stereocenters. The van der Waals surface area contributed by atoms with Crippen LogP contribution >= 0.6 is 23.1 Å². The lowest BCUT2D eigenvalue weighted by Gasteiger charge is -2.06. The van der Waals surface area contributed by atoms with Gasteiger partial charge in [-0.15, -0.1) is 10.2 Å². The standard InChI is InChI=1S/C22H22N6OS2/c1-15-20(16(2)28(27-15)18-11-7-4-8-12-18)24-19(29)14-30-22-26-25-21(31-22)23-13-17-9-5-3-6-10-17/h3-12H,13-14H2,1-2H3,(H,23,25)(H,24,29). The average molecular weight is 451 g/mol. The number of aromatic nitrogens is 4. The van der Waals surface area contributed by atoms with Gasteiger partial charge in [0.15, 0.2) is 4.34 Å². The van der Waals surface area contributed by atoms with Gasteiger partial charge < -0.3 is 10.6 Å². The summed E-state index contributed by atoms with van der Waals surface area (Å²) >= 11 is 2.81. The van der Waals surface area contributed by atoms with Crippen LogP contribution in [0.2, 0.25) is 0 Å². The molecule has 158 valence electrons. The molecule has 4 aromatic rings. The Labute approximate surface area is 188 Å². The number of para-hydroxylation sites is 1. The first kappa shape index (κ1) is 21.1. The van der Waals surface area contributed by atoms with Gasteiger partial charge >= 0.3 is 0 Å². The van der Waals surface area contributed by atoms with Crippen molar-refractivity contribution < 1.29 is 4.79 Å². The molecule has 2 aromatic carbocycles. The van der Waals surface area contributed by atoms with Crippen molar-refractivity contribution in [1.29, 1.82) is 0 Å². The summed E-state index contributed by atoms with van der Waals surface area (Å²) in [7, 11) is 0. The fourth-order valence-corrected chi connectivity index (χ4v) is 4.61. The first-order chi connectivity index (χ1) is 15.1. The van der Waals surface area contributed by atoms with Gasteiger partial charge in [-0.25, -0.2) is 4.68 Å². The third kappa shape index (κ3) is 5.31. The van der Waals surface area contributed by atoms with Crippen LogP contribution in [0.15, 0.2) is 65.0 Å². The van der Waals surface area contributed by atoms with Gasteiger partial charge in [-0.1, -0.05) is 71.6 Å². The number of hydrogen-bond donors (Lipinski definition) is 2. The van der Waals surface area contributed by atoms with Gasteiger partial charge in [-0.2, -0.15) is 5.10 Å². The number of rotatable bonds is 8. The summed E-state index contributed by atoms with van der Waals surface area (Å²) in [5.74, 6) is 0.153. The molecule has 2 aromatic heterocycles. The van der Waals surface area contributed by atoms with Crippen LogP contribution in [0.5, 0.6) is 0 Å². The monoisotopic (exact) mass is 450 g/mol. The van der Waals surface area contributed by atoms with E-state index in [0.29, 0.717) is 6.54 Å². The lowest BCUT2D eigenvalue weighted by molar-refractivity contribution is -0.113. The number of thioether (sulfide) groups is 1. The molecule has 4 rings (SSSR count). The van der Waals surface area contributed by atoms with Gasteiger partial charge in [0.1, 0.15) is 0 Å². The molecule has 0 radical (unpaired) electrons. The van der Waals surface area contributed by atoms with Gasteiger partial charge in [0, 0.05) is 6.54 Å². The summed E-state index contributed by atoms with van der Waals surface area (Å²) in [6, 6.07) is 20.0. The van der Waals surface area contributed by atoms with Crippen LogP contribution in [-0.4, -0.2) is 31.6 Å². The first-order valence-corrected chi connectivity index (χ1v) is 11.6. The molecule has 0 atom stereocenters. The van der Waals surface area contributed by atoms with E-state index in [1.54, 1.807) is 0 Å². The van der Waals surface area contributed by atoms with E-state index in [2.05, 4.69) is 38.1 Å². The molecule has 2 heterocycles. The van der Waals surface area contributed by atoms with Crippen LogP contribution < -0.4 is 10.6 Å². The molecule has 0 spiro atoms. The number of hydrogen-bond acceptors (Lipinski definition) is 7. The molecule has 0 saturated carbocycles. The zero-order valence-corrected chi connectivity index (χ0v) is 18.8. The Kier molecular flexibility index (Phi) is 6.63. The minimum Gasteiger partial charge on any atom is -0.356 e. The predicted molar refractivity (Wildman–Crippen MR) is 126 cm³/mol. The summed E-state index contributed by atoms with van der Waals surface area (Å²) < 4.78 is 2.59. The van der Waals surface area contributed by atoms with Gasteiger partial charge in [0.2, 0.25) is 11.0 Å². The van der Waals surface area contributed by atoms with Crippen LogP contribution in [-0.2, 0) is 11.3 Å². The Morgan fingerprint density at radius 1 is 1.03 bits per heavy atom. The number of anilines is 2. The van der Waals surface area contributed by atoms with Crippen molar-refractivity contribution in [3.05, 3.63) is 77.6 Å². The molecule has 0 bridgehead atoms. The number of aryl methyl sites for hydroxylation is 1. The van der Waals surface area contributed by atoms with Crippen molar-refractivity contribution in [3.8, 4) is 5.69 Å². The van der Waals surface area contributed by atoms with Crippen LogP contribution in [0.25, 0.3) is 5.69 Å². The smallest absolute Gasteiger partial charge is 0.234 e. The van der Waals surface area contributed by atoms with Crippen molar-refractivity contribution in [3.63, 3.8) is 0 Å². The van der Waals surface area contributed by atoms with Crippen molar-refractivity contribution in [1.82, 2.24) is 20.0 Å². The number of nitrogens with zero attached hydrogens (tertiary/aromatic N) is 4. The molecule has 0 aliphatic heterocycles. The summed E-state index contributed by atoms with van der Waals surface area (Å²) in [5.41, 5.74) is 4.56. The van der Waals surface area contributed by atoms with Gasteiger partial charge in [0.05, 0.1) is 28.5 Å². The highest BCUT2D eigenvalue weighted by Gasteiger charge is 2.16. The Balaban J connectivity index is 1.32. The third-order valence-electron chi connectivity index (χ3n) is 4.58. The largest absolute Gasteiger partial charge is 0.356 e. The highest BCUT2D eigenvalue weighted by atomic mass is 32.2. The molecule has 0 saturated heterocycles. The quantitative estimate of drug-likeness (QED) is 0.379. The molecular formula is C22H22N6OS2. The highest BCUT2D eigenvalue weighted by Crippen LogP contribution is 2.27. The summed E-state index contributed by atoms with van der Waals surface area (Å²) in [6.45, 7) is 4.53. The summed E-state index contributed by atoms with van der Waals surface area (Å²) in [5, 5.41) is 19.9.